The minimum atomic E-state index is -0.738. The van der Waals surface area contributed by atoms with Crippen molar-refractivity contribution in [3.63, 3.8) is 0 Å². The van der Waals surface area contributed by atoms with Gasteiger partial charge in [-0.3, -0.25) is 19.3 Å². The molecule has 7 nitrogen and oxygen atoms in total. The number of ketones is 1. The van der Waals surface area contributed by atoms with Gasteiger partial charge in [-0.2, -0.15) is 0 Å². The Morgan fingerprint density at radius 2 is 1.76 bits per heavy atom. The number of anilines is 2. The number of Topliss-reactive ketones (excluding diaryl/α,β-unsaturated/α-hetero) is 1. The molecule has 1 aromatic heterocycles. The van der Waals surface area contributed by atoms with E-state index in [1.807, 2.05) is 65.7 Å². The summed E-state index contributed by atoms with van der Waals surface area (Å²) in [5.74, 6) is -0.590. The fourth-order valence-corrected chi connectivity index (χ4v) is 4.99. The number of fused-ring (bicyclic) bond motifs is 1. The molecule has 1 aliphatic rings. The first-order valence-electron chi connectivity index (χ1n) is 12.1. The molecular formula is C29H26N4O3S. The van der Waals surface area contributed by atoms with E-state index in [-0.39, 0.29) is 24.0 Å². The highest BCUT2D eigenvalue weighted by Crippen LogP contribution is 2.28. The fourth-order valence-electron chi connectivity index (χ4n) is 4.58. The number of nitrogens with zero attached hydrogens (tertiary/aromatic N) is 2. The summed E-state index contributed by atoms with van der Waals surface area (Å²) in [6, 6.07) is 23.6. The number of hydrogen-bond acceptors (Lipinski definition) is 4. The van der Waals surface area contributed by atoms with Crippen LogP contribution in [0.15, 0.2) is 85.1 Å². The monoisotopic (exact) mass is 510 g/mol. The zero-order valence-corrected chi connectivity index (χ0v) is 21.1. The lowest BCUT2D eigenvalue weighted by molar-refractivity contribution is -0.124. The van der Waals surface area contributed by atoms with Gasteiger partial charge in [0.2, 0.25) is 5.91 Å². The Morgan fingerprint density at radius 3 is 2.49 bits per heavy atom. The van der Waals surface area contributed by atoms with Crippen LogP contribution in [-0.2, 0) is 16.0 Å². The fraction of sp³-hybridized carbons (Fsp3) is 0.172. The van der Waals surface area contributed by atoms with Crippen molar-refractivity contribution in [1.29, 1.82) is 0 Å². The highest BCUT2D eigenvalue weighted by Gasteiger charge is 2.43. The second-order valence-corrected chi connectivity index (χ2v) is 9.40. The molecule has 2 heterocycles. The van der Waals surface area contributed by atoms with Crippen molar-refractivity contribution in [2.45, 2.75) is 25.8 Å². The summed E-state index contributed by atoms with van der Waals surface area (Å²) in [5.41, 5.74) is 3.81. The summed E-state index contributed by atoms with van der Waals surface area (Å²) in [6.07, 6.45) is 2.47. The summed E-state index contributed by atoms with van der Waals surface area (Å²) in [6.45, 7) is 1.98. The van der Waals surface area contributed by atoms with Crippen LogP contribution in [0.5, 0.6) is 0 Å². The van der Waals surface area contributed by atoms with Crippen LogP contribution in [0.3, 0.4) is 0 Å². The van der Waals surface area contributed by atoms with Gasteiger partial charge < -0.3 is 15.2 Å². The van der Waals surface area contributed by atoms with Crippen molar-refractivity contribution in [2.75, 3.05) is 16.8 Å². The van der Waals surface area contributed by atoms with E-state index in [0.717, 1.165) is 16.5 Å². The normalized spacial score (nSPS) is 15.4. The number of thiocarbonyl (C=S) groups is 1. The van der Waals surface area contributed by atoms with Crippen LogP contribution in [0.4, 0.5) is 11.4 Å². The van der Waals surface area contributed by atoms with Gasteiger partial charge >= 0.3 is 0 Å². The van der Waals surface area contributed by atoms with Crippen LogP contribution in [-0.4, -0.2) is 45.2 Å². The zero-order valence-electron chi connectivity index (χ0n) is 20.3. The molecule has 1 saturated heterocycles. The van der Waals surface area contributed by atoms with Crippen LogP contribution in [0.2, 0.25) is 0 Å². The van der Waals surface area contributed by atoms with E-state index < -0.39 is 6.04 Å². The maximum absolute atomic E-state index is 13.6. The molecule has 0 saturated carbocycles. The quantitative estimate of drug-likeness (QED) is 0.259. The molecule has 0 spiro atoms. The highest BCUT2D eigenvalue weighted by atomic mass is 32.1. The Morgan fingerprint density at radius 1 is 1.00 bits per heavy atom. The number of benzene rings is 3. The molecular weight excluding hydrogens is 484 g/mol. The molecule has 0 aliphatic carbocycles. The van der Waals surface area contributed by atoms with E-state index >= 15 is 0 Å². The minimum absolute atomic E-state index is 0.0431. The van der Waals surface area contributed by atoms with Crippen molar-refractivity contribution in [1.82, 2.24) is 9.88 Å². The molecule has 2 N–H and O–H groups in total. The number of carbonyl (C=O) groups excluding carboxylic acids is 3. The van der Waals surface area contributed by atoms with Gasteiger partial charge in [0.05, 0.1) is 12.1 Å². The molecule has 186 valence electrons. The Kier molecular flexibility index (Phi) is 6.83. The van der Waals surface area contributed by atoms with E-state index in [1.54, 1.807) is 24.3 Å². The van der Waals surface area contributed by atoms with Gasteiger partial charge in [-0.05, 0) is 79.0 Å². The van der Waals surface area contributed by atoms with E-state index in [1.165, 1.54) is 11.8 Å². The lowest BCUT2D eigenvalue weighted by atomic mass is 10.1. The number of nitrogens with one attached hydrogen (secondary N) is 2. The predicted molar refractivity (Wildman–Crippen MR) is 149 cm³/mol. The summed E-state index contributed by atoms with van der Waals surface area (Å²) < 4.78 is 0. The largest absolute Gasteiger partial charge is 0.361 e. The molecule has 1 unspecified atom stereocenters. The standard InChI is InChI=1S/C29H26N4O3S/c1-19(34)21-8-11-24(12-9-21)33-28(36)26(32(29(33)37)16-14-20-5-3-2-4-6-20)18-27(35)31-23-10-7-22-13-15-30-25(22)17-23/h2-13,15,17,26,30H,14,16,18H2,1H3,(H,31,35). The van der Waals surface area contributed by atoms with Gasteiger partial charge in [-0.25, -0.2) is 0 Å². The maximum atomic E-state index is 13.6. The Labute approximate surface area is 220 Å². The third-order valence-electron chi connectivity index (χ3n) is 6.55. The Balaban J connectivity index is 1.37. The highest BCUT2D eigenvalue weighted by molar-refractivity contribution is 7.80. The molecule has 3 aromatic carbocycles. The van der Waals surface area contributed by atoms with Gasteiger partial charge in [0, 0.05) is 29.5 Å². The van der Waals surface area contributed by atoms with E-state index in [2.05, 4.69) is 10.3 Å². The van der Waals surface area contributed by atoms with Crippen LogP contribution >= 0.6 is 12.2 Å². The molecule has 1 aliphatic heterocycles. The number of rotatable bonds is 8. The third-order valence-corrected chi connectivity index (χ3v) is 6.97. The van der Waals surface area contributed by atoms with Crippen molar-refractivity contribution < 1.29 is 14.4 Å². The molecule has 5 rings (SSSR count). The number of hydrogen-bond donors (Lipinski definition) is 2. The van der Waals surface area contributed by atoms with Crippen LogP contribution in [0, 0.1) is 0 Å². The second-order valence-electron chi connectivity index (χ2n) is 9.04. The summed E-state index contributed by atoms with van der Waals surface area (Å²) >= 11 is 5.75. The zero-order chi connectivity index (χ0) is 25.9. The van der Waals surface area contributed by atoms with Crippen LogP contribution in [0.1, 0.15) is 29.3 Å². The lowest BCUT2D eigenvalue weighted by Gasteiger charge is -2.24. The maximum Gasteiger partial charge on any atom is 0.256 e. The van der Waals surface area contributed by atoms with E-state index in [9.17, 15) is 14.4 Å². The second kappa shape index (κ2) is 10.4. The summed E-state index contributed by atoms with van der Waals surface area (Å²) in [7, 11) is 0. The van der Waals surface area contributed by atoms with Crippen molar-refractivity contribution >= 4 is 57.2 Å². The Bertz CT molecular complexity index is 1480. The first kappa shape index (κ1) is 24.4. The molecule has 0 bridgehead atoms. The molecule has 8 heteroatoms. The smallest absolute Gasteiger partial charge is 0.256 e. The molecule has 1 fully saturated rings. The van der Waals surface area contributed by atoms with E-state index in [4.69, 9.17) is 12.2 Å². The average molecular weight is 511 g/mol. The molecule has 37 heavy (non-hydrogen) atoms. The van der Waals surface area contributed by atoms with Gasteiger partial charge in [0.1, 0.15) is 6.04 Å². The molecule has 0 radical (unpaired) electrons. The SMILES string of the molecule is CC(=O)c1ccc(N2C(=O)C(CC(=O)Nc3ccc4cc[nH]c4c3)N(CCc3ccccc3)C2=S)cc1. The van der Waals surface area contributed by atoms with E-state index in [0.29, 0.717) is 35.0 Å². The number of aromatic amines is 1. The number of H-pyrrole nitrogens is 1. The van der Waals surface area contributed by atoms with Crippen LogP contribution in [0.25, 0.3) is 10.9 Å². The van der Waals surface area contributed by atoms with Gasteiger partial charge in [0.15, 0.2) is 10.9 Å². The Hall–Kier alpha value is -4.30. The predicted octanol–water partition coefficient (Wildman–Crippen LogP) is 4.94. The molecule has 2 amide bonds. The molecule has 4 aromatic rings. The van der Waals surface area contributed by atoms with Crippen LogP contribution < -0.4 is 10.2 Å². The first-order valence-corrected chi connectivity index (χ1v) is 12.5. The van der Waals surface area contributed by atoms with Gasteiger partial charge in [-0.15, -0.1) is 0 Å². The first-order chi connectivity index (χ1) is 17.9. The number of carbonyl (C=O) groups is 3. The van der Waals surface area contributed by atoms with Crippen molar-refractivity contribution in [2.24, 2.45) is 0 Å². The van der Waals surface area contributed by atoms with Gasteiger partial charge in [-0.1, -0.05) is 36.4 Å². The van der Waals surface area contributed by atoms with Crippen molar-refractivity contribution in [3.05, 3.63) is 96.2 Å². The third kappa shape index (κ3) is 5.15. The summed E-state index contributed by atoms with van der Waals surface area (Å²) in [5, 5.41) is 4.32. The number of aromatic nitrogens is 1. The topological polar surface area (TPSA) is 85.5 Å². The average Bonchev–Trinajstić information content (AvgIpc) is 3.45. The summed E-state index contributed by atoms with van der Waals surface area (Å²) in [4.78, 5) is 44.8. The molecule has 1 atom stereocenters. The lowest BCUT2D eigenvalue weighted by Crippen LogP contribution is -2.39. The minimum Gasteiger partial charge on any atom is -0.361 e. The van der Waals surface area contributed by atoms with Gasteiger partial charge in [0.25, 0.3) is 5.91 Å². The number of amides is 2. The van der Waals surface area contributed by atoms with Crippen molar-refractivity contribution in [3.8, 4) is 0 Å².